The zero-order valence-corrected chi connectivity index (χ0v) is 11.0. The van der Waals surface area contributed by atoms with Crippen molar-refractivity contribution in [2.75, 3.05) is 0 Å². The molecule has 1 amide bonds. The lowest BCUT2D eigenvalue weighted by molar-refractivity contribution is 0.0922. The van der Waals surface area contributed by atoms with E-state index >= 15 is 0 Å². The predicted octanol–water partition coefficient (Wildman–Crippen LogP) is 3.34. The predicted molar refractivity (Wildman–Crippen MR) is 66.6 cm³/mol. The molecule has 0 atom stereocenters. The van der Waals surface area contributed by atoms with E-state index in [-0.39, 0.29) is 5.91 Å². The van der Waals surface area contributed by atoms with E-state index in [0.29, 0.717) is 12.3 Å². The molecule has 0 saturated heterocycles. The zero-order chi connectivity index (χ0) is 11.5. The number of amides is 1. The van der Waals surface area contributed by atoms with Crippen LogP contribution in [0.5, 0.6) is 0 Å². The molecular weight excluding hydrogens is 290 g/mol. The third kappa shape index (κ3) is 2.74. The van der Waals surface area contributed by atoms with Crippen molar-refractivity contribution in [3.63, 3.8) is 0 Å². The van der Waals surface area contributed by atoms with Crippen LogP contribution in [0.15, 0.2) is 32.5 Å². The number of hydrogen-bond acceptors (Lipinski definition) is 3. The molecule has 0 aliphatic carbocycles. The molecule has 5 heteroatoms. The molecule has 2 aromatic heterocycles. The first-order valence-corrected chi connectivity index (χ1v) is 6.40. The summed E-state index contributed by atoms with van der Waals surface area (Å²) in [6.07, 6.45) is 0. The second-order valence-corrected chi connectivity index (χ2v) is 5.24. The van der Waals surface area contributed by atoms with E-state index in [0.717, 1.165) is 15.1 Å². The quantitative estimate of drug-likeness (QED) is 0.944. The van der Waals surface area contributed by atoms with Gasteiger partial charge >= 0.3 is 0 Å². The van der Waals surface area contributed by atoms with Gasteiger partial charge in [0.2, 0.25) is 0 Å². The van der Waals surface area contributed by atoms with Crippen LogP contribution < -0.4 is 5.32 Å². The fourth-order valence-electron chi connectivity index (χ4n) is 1.26. The lowest BCUT2D eigenvalue weighted by Crippen LogP contribution is -2.21. The van der Waals surface area contributed by atoms with Crippen LogP contribution in [0.25, 0.3) is 0 Å². The van der Waals surface area contributed by atoms with Crippen LogP contribution in [-0.2, 0) is 6.54 Å². The molecule has 0 aliphatic rings. The van der Waals surface area contributed by atoms with E-state index in [2.05, 4.69) is 21.2 Å². The smallest absolute Gasteiger partial charge is 0.287 e. The number of rotatable bonds is 3. The van der Waals surface area contributed by atoms with Crippen molar-refractivity contribution >= 4 is 33.2 Å². The van der Waals surface area contributed by atoms with E-state index in [1.807, 2.05) is 18.4 Å². The summed E-state index contributed by atoms with van der Waals surface area (Å²) in [6, 6.07) is 5.43. The van der Waals surface area contributed by atoms with Gasteiger partial charge in [-0.3, -0.25) is 4.79 Å². The molecule has 84 valence electrons. The highest BCUT2D eigenvalue weighted by atomic mass is 79.9. The standard InChI is InChI=1S/C11H10BrNO2S/c1-7-2-3-10(15-7)11(14)13-5-9-4-8(12)6-16-9/h2-4,6H,5H2,1H3,(H,13,14). The van der Waals surface area contributed by atoms with Crippen LogP contribution in [0.1, 0.15) is 21.2 Å². The van der Waals surface area contributed by atoms with Crippen LogP contribution in [-0.4, -0.2) is 5.91 Å². The van der Waals surface area contributed by atoms with Crippen molar-refractivity contribution in [1.29, 1.82) is 0 Å². The maximum atomic E-state index is 11.6. The largest absolute Gasteiger partial charge is 0.456 e. The fraction of sp³-hybridized carbons (Fsp3) is 0.182. The minimum absolute atomic E-state index is 0.183. The Balaban J connectivity index is 1.93. The van der Waals surface area contributed by atoms with Gasteiger partial charge < -0.3 is 9.73 Å². The molecule has 0 aromatic carbocycles. The molecule has 0 radical (unpaired) electrons. The number of halogens is 1. The lowest BCUT2D eigenvalue weighted by atomic mass is 10.4. The summed E-state index contributed by atoms with van der Waals surface area (Å²) in [5.74, 6) is 0.912. The molecule has 0 bridgehead atoms. The Kier molecular flexibility index (Phi) is 3.46. The Bertz CT molecular complexity index is 504. The van der Waals surface area contributed by atoms with Gasteiger partial charge in [-0.2, -0.15) is 0 Å². The number of hydrogen-bond donors (Lipinski definition) is 1. The Morgan fingerprint density at radius 2 is 2.38 bits per heavy atom. The van der Waals surface area contributed by atoms with Crippen LogP contribution in [0.4, 0.5) is 0 Å². The van der Waals surface area contributed by atoms with Gasteiger partial charge in [-0.1, -0.05) is 0 Å². The Hall–Kier alpha value is -1.07. The number of carbonyl (C=O) groups excluding carboxylic acids is 1. The van der Waals surface area contributed by atoms with Crippen molar-refractivity contribution in [3.8, 4) is 0 Å². The molecule has 1 N–H and O–H groups in total. The monoisotopic (exact) mass is 299 g/mol. The first-order valence-electron chi connectivity index (χ1n) is 4.72. The second kappa shape index (κ2) is 4.84. The van der Waals surface area contributed by atoms with Crippen LogP contribution in [0.2, 0.25) is 0 Å². The average Bonchev–Trinajstić information content (AvgIpc) is 2.84. The molecule has 2 heterocycles. The minimum Gasteiger partial charge on any atom is -0.456 e. The molecule has 0 fully saturated rings. The van der Waals surface area contributed by atoms with E-state index in [1.54, 1.807) is 23.5 Å². The van der Waals surface area contributed by atoms with Crippen LogP contribution in [0, 0.1) is 6.92 Å². The highest BCUT2D eigenvalue weighted by molar-refractivity contribution is 9.10. The van der Waals surface area contributed by atoms with Crippen LogP contribution >= 0.6 is 27.3 Å². The van der Waals surface area contributed by atoms with Crippen molar-refractivity contribution < 1.29 is 9.21 Å². The van der Waals surface area contributed by atoms with E-state index in [4.69, 9.17) is 4.42 Å². The Labute approximate surface area is 106 Å². The first-order chi connectivity index (χ1) is 7.65. The summed E-state index contributed by atoms with van der Waals surface area (Å²) < 4.78 is 6.26. The van der Waals surface area contributed by atoms with Gasteiger partial charge in [-0.15, -0.1) is 11.3 Å². The van der Waals surface area contributed by atoms with Gasteiger partial charge in [-0.05, 0) is 41.1 Å². The SMILES string of the molecule is Cc1ccc(C(=O)NCc2cc(Br)cs2)o1. The van der Waals surface area contributed by atoms with Gasteiger partial charge in [0.05, 0.1) is 6.54 Å². The molecule has 0 unspecified atom stereocenters. The van der Waals surface area contributed by atoms with Crippen LogP contribution in [0.3, 0.4) is 0 Å². The molecule has 0 aliphatic heterocycles. The molecule has 0 spiro atoms. The molecule has 16 heavy (non-hydrogen) atoms. The van der Waals surface area contributed by atoms with Crippen molar-refractivity contribution in [2.24, 2.45) is 0 Å². The topological polar surface area (TPSA) is 42.2 Å². The van der Waals surface area contributed by atoms with E-state index in [1.165, 1.54) is 0 Å². The summed E-state index contributed by atoms with van der Waals surface area (Å²) in [5, 5.41) is 4.78. The van der Waals surface area contributed by atoms with Crippen molar-refractivity contribution in [1.82, 2.24) is 5.32 Å². The maximum Gasteiger partial charge on any atom is 0.287 e. The minimum atomic E-state index is -0.183. The number of carbonyl (C=O) groups is 1. The molecule has 0 saturated carbocycles. The van der Waals surface area contributed by atoms with Gasteiger partial charge in [0.1, 0.15) is 5.76 Å². The Morgan fingerprint density at radius 3 is 2.94 bits per heavy atom. The summed E-state index contributed by atoms with van der Waals surface area (Å²) in [5.41, 5.74) is 0. The third-order valence-electron chi connectivity index (χ3n) is 2.01. The number of aryl methyl sites for hydroxylation is 1. The molecular formula is C11H10BrNO2S. The zero-order valence-electron chi connectivity index (χ0n) is 8.62. The first kappa shape index (κ1) is 11.4. The van der Waals surface area contributed by atoms with Crippen molar-refractivity contribution in [3.05, 3.63) is 44.4 Å². The highest BCUT2D eigenvalue weighted by Gasteiger charge is 2.09. The Morgan fingerprint density at radius 1 is 1.56 bits per heavy atom. The highest BCUT2D eigenvalue weighted by Crippen LogP contribution is 2.19. The molecule has 2 rings (SSSR count). The number of nitrogens with one attached hydrogen (secondary N) is 1. The second-order valence-electron chi connectivity index (χ2n) is 3.32. The summed E-state index contributed by atoms with van der Waals surface area (Å²) in [6.45, 7) is 2.34. The van der Waals surface area contributed by atoms with Gasteiger partial charge in [0.15, 0.2) is 5.76 Å². The summed E-state index contributed by atoms with van der Waals surface area (Å²) in [7, 11) is 0. The normalized spacial score (nSPS) is 10.4. The summed E-state index contributed by atoms with van der Waals surface area (Å²) >= 11 is 4.97. The lowest BCUT2D eigenvalue weighted by Gasteiger charge is -2.00. The van der Waals surface area contributed by atoms with E-state index in [9.17, 15) is 4.79 Å². The van der Waals surface area contributed by atoms with Gasteiger partial charge in [0, 0.05) is 14.7 Å². The number of thiophene rings is 1. The van der Waals surface area contributed by atoms with Gasteiger partial charge in [0.25, 0.3) is 5.91 Å². The maximum absolute atomic E-state index is 11.6. The average molecular weight is 300 g/mol. The molecule has 2 aromatic rings. The molecule has 3 nitrogen and oxygen atoms in total. The van der Waals surface area contributed by atoms with E-state index < -0.39 is 0 Å². The van der Waals surface area contributed by atoms with Crippen molar-refractivity contribution in [2.45, 2.75) is 13.5 Å². The fourth-order valence-corrected chi connectivity index (χ4v) is 2.65. The number of furan rings is 1. The van der Waals surface area contributed by atoms with Gasteiger partial charge in [-0.25, -0.2) is 0 Å². The third-order valence-corrected chi connectivity index (χ3v) is 3.71. The summed E-state index contributed by atoms with van der Waals surface area (Å²) in [4.78, 5) is 12.7.